The molecule has 0 radical (unpaired) electrons. The fraction of sp³-hybridized carbons (Fsp3) is 0.500. The van der Waals surface area contributed by atoms with Crippen molar-refractivity contribution < 1.29 is 9.84 Å². The van der Waals surface area contributed by atoms with Gasteiger partial charge in [-0.15, -0.1) is 0 Å². The van der Waals surface area contributed by atoms with Gasteiger partial charge in [-0.25, -0.2) is 4.99 Å². The minimum Gasteiger partial charge on any atom is -0.508 e. The third-order valence-corrected chi connectivity index (χ3v) is 3.66. The smallest absolute Gasteiger partial charge is 0.187 e. The summed E-state index contributed by atoms with van der Waals surface area (Å²) in [6, 6.07) is 7.32. The highest BCUT2D eigenvalue weighted by Crippen LogP contribution is 2.32. The Morgan fingerprint density at radius 2 is 2.00 bits per heavy atom. The number of benzene rings is 1. The molecular weight excluding hydrogens is 228 g/mol. The number of para-hydroxylation sites is 1. The summed E-state index contributed by atoms with van der Waals surface area (Å²) in [5, 5.41) is 13.2. The number of nitrogens with zero attached hydrogens (tertiary/aromatic N) is 1. The van der Waals surface area contributed by atoms with Crippen LogP contribution in [0.15, 0.2) is 29.3 Å². The third kappa shape index (κ3) is 2.20. The second-order valence-electron chi connectivity index (χ2n) is 4.88. The van der Waals surface area contributed by atoms with Crippen LogP contribution in [-0.4, -0.2) is 30.7 Å². The van der Waals surface area contributed by atoms with Crippen molar-refractivity contribution in [2.24, 2.45) is 10.9 Å². The van der Waals surface area contributed by atoms with Crippen LogP contribution < -0.4 is 5.32 Å². The molecule has 0 aliphatic carbocycles. The molecule has 1 fully saturated rings. The topological polar surface area (TPSA) is 53.9 Å². The molecule has 4 heteroatoms. The molecule has 2 aliphatic heterocycles. The number of aliphatic imine (C=N–C) groups is 1. The molecule has 1 saturated heterocycles. The molecule has 4 nitrogen and oxygen atoms in total. The second-order valence-corrected chi connectivity index (χ2v) is 4.88. The molecule has 1 aromatic carbocycles. The van der Waals surface area contributed by atoms with Gasteiger partial charge < -0.3 is 15.2 Å². The first-order chi connectivity index (χ1) is 8.84. The maximum absolute atomic E-state index is 9.83. The molecule has 0 spiro atoms. The van der Waals surface area contributed by atoms with Crippen molar-refractivity contribution in [3.05, 3.63) is 29.8 Å². The van der Waals surface area contributed by atoms with Crippen LogP contribution in [0.2, 0.25) is 0 Å². The summed E-state index contributed by atoms with van der Waals surface area (Å²) in [4.78, 5) is 4.65. The van der Waals surface area contributed by atoms with E-state index in [1.807, 2.05) is 18.2 Å². The van der Waals surface area contributed by atoms with Gasteiger partial charge in [0.25, 0.3) is 0 Å². The first-order valence-corrected chi connectivity index (χ1v) is 6.53. The van der Waals surface area contributed by atoms with E-state index in [1.165, 1.54) is 0 Å². The zero-order chi connectivity index (χ0) is 12.4. The van der Waals surface area contributed by atoms with E-state index in [-0.39, 0.29) is 6.04 Å². The number of piperidine rings is 1. The lowest BCUT2D eigenvalue weighted by molar-refractivity contribution is 0.284. The maximum Gasteiger partial charge on any atom is 0.187 e. The van der Waals surface area contributed by atoms with Crippen molar-refractivity contribution in [2.45, 2.75) is 18.9 Å². The summed E-state index contributed by atoms with van der Waals surface area (Å²) in [6.45, 7) is 2.62. The molecule has 2 aliphatic rings. The number of aromatic hydroxyl groups is 1. The van der Waals surface area contributed by atoms with E-state index in [9.17, 15) is 5.11 Å². The van der Waals surface area contributed by atoms with Crippen LogP contribution in [0, 0.1) is 5.92 Å². The number of phenolic OH excluding ortho intramolecular Hbond substituents is 1. The van der Waals surface area contributed by atoms with Gasteiger partial charge in [0.15, 0.2) is 5.90 Å². The predicted octanol–water partition coefficient (Wildman–Crippen LogP) is 1.86. The van der Waals surface area contributed by atoms with Crippen molar-refractivity contribution in [2.75, 3.05) is 19.7 Å². The Balaban J connectivity index is 1.77. The molecule has 96 valence electrons. The Morgan fingerprint density at radius 1 is 1.22 bits per heavy atom. The van der Waals surface area contributed by atoms with Gasteiger partial charge in [0.05, 0.1) is 0 Å². The molecule has 2 N–H and O–H groups in total. The van der Waals surface area contributed by atoms with Gasteiger partial charge >= 0.3 is 0 Å². The molecule has 1 atom stereocenters. The van der Waals surface area contributed by atoms with E-state index in [2.05, 4.69) is 10.3 Å². The normalized spacial score (nSPS) is 24.7. The van der Waals surface area contributed by atoms with Gasteiger partial charge in [-0.3, -0.25) is 0 Å². The Labute approximate surface area is 107 Å². The Kier molecular flexibility index (Phi) is 3.19. The highest BCUT2D eigenvalue weighted by atomic mass is 16.5. The number of hydrogen-bond acceptors (Lipinski definition) is 4. The molecule has 0 amide bonds. The molecule has 1 aromatic rings. The van der Waals surface area contributed by atoms with Crippen LogP contribution in [0.4, 0.5) is 0 Å². The summed E-state index contributed by atoms with van der Waals surface area (Å²) >= 11 is 0. The van der Waals surface area contributed by atoms with Gasteiger partial charge in [0, 0.05) is 11.5 Å². The molecule has 2 heterocycles. The maximum atomic E-state index is 9.83. The van der Waals surface area contributed by atoms with E-state index in [0.29, 0.717) is 18.3 Å². The minimum atomic E-state index is -0.0453. The lowest BCUT2D eigenvalue weighted by Gasteiger charge is -2.21. The summed E-state index contributed by atoms with van der Waals surface area (Å²) in [5.74, 6) is 1.63. The van der Waals surface area contributed by atoms with Crippen LogP contribution in [0.3, 0.4) is 0 Å². The van der Waals surface area contributed by atoms with E-state index >= 15 is 0 Å². The van der Waals surface area contributed by atoms with Gasteiger partial charge in [-0.05, 0) is 32.0 Å². The summed E-state index contributed by atoms with van der Waals surface area (Å²) in [6.07, 6.45) is 2.18. The molecule has 18 heavy (non-hydrogen) atoms. The fourth-order valence-electron chi connectivity index (χ4n) is 2.61. The Bertz CT molecular complexity index is 453. The molecule has 0 aromatic heterocycles. The van der Waals surface area contributed by atoms with Crippen molar-refractivity contribution in [3.8, 4) is 5.75 Å². The number of hydrogen-bond donors (Lipinski definition) is 2. The average Bonchev–Trinajstić information content (AvgIpc) is 2.90. The van der Waals surface area contributed by atoms with Crippen LogP contribution in [0.1, 0.15) is 24.4 Å². The molecule has 3 rings (SSSR count). The standard InChI is InChI=1S/C14H18N2O2/c17-13-4-2-1-3-11(13)12-9-18-14(16-12)10-5-7-15-8-6-10/h1-4,10,12,15,17H,5-9H2. The van der Waals surface area contributed by atoms with Crippen LogP contribution >= 0.6 is 0 Å². The van der Waals surface area contributed by atoms with Gasteiger partial charge in [0.1, 0.15) is 18.4 Å². The van der Waals surface area contributed by atoms with Crippen molar-refractivity contribution in [1.82, 2.24) is 5.32 Å². The first kappa shape index (κ1) is 11.5. The van der Waals surface area contributed by atoms with Gasteiger partial charge in [0.2, 0.25) is 0 Å². The van der Waals surface area contributed by atoms with Crippen LogP contribution in [-0.2, 0) is 4.74 Å². The average molecular weight is 246 g/mol. The lowest BCUT2D eigenvalue weighted by Crippen LogP contribution is -2.31. The van der Waals surface area contributed by atoms with E-state index in [1.54, 1.807) is 6.07 Å². The zero-order valence-electron chi connectivity index (χ0n) is 10.3. The monoisotopic (exact) mass is 246 g/mol. The summed E-state index contributed by atoms with van der Waals surface area (Å²) in [5.41, 5.74) is 0.862. The van der Waals surface area contributed by atoms with E-state index in [0.717, 1.165) is 37.4 Å². The Hall–Kier alpha value is -1.55. The SMILES string of the molecule is Oc1ccccc1C1COC(C2CCNCC2)=N1. The van der Waals surface area contributed by atoms with Gasteiger partial charge in [-0.2, -0.15) is 0 Å². The largest absolute Gasteiger partial charge is 0.508 e. The highest BCUT2D eigenvalue weighted by molar-refractivity contribution is 5.80. The van der Waals surface area contributed by atoms with E-state index < -0.39 is 0 Å². The van der Waals surface area contributed by atoms with Gasteiger partial charge in [-0.1, -0.05) is 18.2 Å². The number of nitrogens with one attached hydrogen (secondary N) is 1. The zero-order valence-corrected chi connectivity index (χ0v) is 10.3. The number of phenols is 1. The van der Waals surface area contributed by atoms with E-state index in [4.69, 9.17) is 4.74 Å². The fourth-order valence-corrected chi connectivity index (χ4v) is 2.61. The van der Waals surface area contributed by atoms with Crippen LogP contribution in [0.5, 0.6) is 5.75 Å². The van der Waals surface area contributed by atoms with Crippen molar-refractivity contribution in [1.29, 1.82) is 0 Å². The van der Waals surface area contributed by atoms with Crippen molar-refractivity contribution in [3.63, 3.8) is 0 Å². The molecular formula is C14H18N2O2. The van der Waals surface area contributed by atoms with Crippen molar-refractivity contribution >= 4 is 5.90 Å². The number of rotatable bonds is 2. The minimum absolute atomic E-state index is 0.0453. The summed E-state index contributed by atoms with van der Waals surface area (Å²) < 4.78 is 5.73. The number of ether oxygens (including phenoxy) is 1. The Morgan fingerprint density at radius 3 is 2.78 bits per heavy atom. The lowest BCUT2D eigenvalue weighted by atomic mass is 9.98. The third-order valence-electron chi connectivity index (χ3n) is 3.66. The van der Waals surface area contributed by atoms with Crippen LogP contribution in [0.25, 0.3) is 0 Å². The second kappa shape index (κ2) is 4.98. The molecule has 0 bridgehead atoms. The quantitative estimate of drug-likeness (QED) is 0.837. The first-order valence-electron chi connectivity index (χ1n) is 6.53. The molecule has 1 unspecified atom stereocenters. The highest BCUT2D eigenvalue weighted by Gasteiger charge is 2.28. The summed E-state index contributed by atoms with van der Waals surface area (Å²) in [7, 11) is 0. The predicted molar refractivity (Wildman–Crippen MR) is 69.8 cm³/mol. The molecule has 0 saturated carbocycles.